The average molecular weight is 244 g/mol. The molecule has 102 valence electrons. The first kappa shape index (κ1) is 16.4. The molecule has 4 heteroatoms. The second-order valence-corrected chi connectivity index (χ2v) is 6.18. The van der Waals surface area contributed by atoms with Crippen LogP contribution in [-0.4, -0.2) is 42.6 Å². The van der Waals surface area contributed by atoms with Crippen LogP contribution in [-0.2, 0) is 9.53 Å². The third-order valence-electron chi connectivity index (χ3n) is 2.53. The first-order valence-electron chi connectivity index (χ1n) is 6.23. The van der Waals surface area contributed by atoms with Gasteiger partial charge in [-0.3, -0.25) is 4.79 Å². The van der Waals surface area contributed by atoms with Gasteiger partial charge in [0.05, 0.1) is 5.60 Å². The van der Waals surface area contributed by atoms with Crippen molar-refractivity contribution in [1.82, 2.24) is 4.90 Å². The number of nitrogens with two attached hydrogens (primary N) is 1. The predicted molar refractivity (Wildman–Crippen MR) is 70.8 cm³/mol. The number of hydrogen-bond donors (Lipinski definition) is 1. The Labute approximate surface area is 105 Å². The van der Waals surface area contributed by atoms with E-state index in [0.717, 1.165) is 0 Å². The van der Waals surface area contributed by atoms with Gasteiger partial charge in [-0.1, -0.05) is 13.8 Å². The Hall–Kier alpha value is -0.610. The molecule has 1 amide bonds. The monoisotopic (exact) mass is 244 g/mol. The first-order valence-corrected chi connectivity index (χ1v) is 6.23. The lowest BCUT2D eigenvalue weighted by Crippen LogP contribution is -2.44. The van der Waals surface area contributed by atoms with E-state index in [1.807, 2.05) is 27.7 Å². The molecule has 0 rings (SSSR count). The van der Waals surface area contributed by atoms with Crippen LogP contribution in [0.1, 0.15) is 41.5 Å². The molecule has 0 aromatic rings. The minimum absolute atomic E-state index is 0.0314. The van der Waals surface area contributed by atoms with Gasteiger partial charge in [0.1, 0.15) is 6.61 Å². The van der Waals surface area contributed by atoms with Crippen molar-refractivity contribution in [2.45, 2.75) is 47.1 Å². The molecule has 0 fully saturated rings. The van der Waals surface area contributed by atoms with Gasteiger partial charge < -0.3 is 15.4 Å². The average Bonchev–Trinajstić information content (AvgIpc) is 2.21. The lowest BCUT2D eigenvalue weighted by molar-refractivity contribution is -0.142. The van der Waals surface area contributed by atoms with Crippen molar-refractivity contribution in [3.8, 4) is 0 Å². The Bertz CT molecular complexity index is 244. The largest absolute Gasteiger partial charge is 0.366 e. The van der Waals surface area contributed by atoms with Gasteiger partial charge in [-0.05, 0) is 39.7 Å². The number of rotatable bonds is 6. The zero-order chi connectivity index (χ0) is 13.7. The van der Waals surface area contributed by atoms with Crippen LogP contribution in [0.15, 0.2) is 0 Å². The zero-order valence-electron chi connectivity index (χ0n) is 12.2. The molecule has 0 spiro atoms. The quantitative estimate of drug-likeness (QED) is 0.772. The standard InChI is InChI=1S/C13H28N2O2/c1-7-15(10-13(5,6)9-14)11(16)8-17-12(2,3)4/h7-10,14H2,1-6H3. The molecule has 0 heterocycles. The highest BCUT2D eigenvalue weighted by Crippen LogP contribution is 2.15. The zero-order valence-corrected chi connectivity index (χ0v) is 12.2. The second-order valence-electron chi connectivity index (χ2n) is 6.18. The van der Waals surface area contributed by atoms with E-state index < -0.39 is 0 Å². The minimum atomic E-state index is -0.279. The first-order chi connectivity index (χ1) is 7.61. The van der Waals surface area contributed by atoms with Gasteiger partial charge in [-0.2, -0.15) is 0 Å². The van der Waals surface area contributed by atoms with Crippen molar-refractivity contribution < 1.29 is 9.53 Å². The topological polar surface area (TPSA) is 55.6 Å². The number of hydrogen-bond acceptors (Lipinski definition) is 3. The van der Waals surface area contributed by atoms with Gasteiger partial charge in [-0.15, -0.1) is 0 Å². The van der Waals surface area contributed by atoms with Crippen LogP contribution >= 0.6 is 0 Å². The van der Waals surface area contributed by atoms with Crippen molar-refractivity contribution in [3.63, 3.8) is 0 Å². The molecule has 0 aliphatic carbocycles. The Morgan fingerprint density at radius 3 is 2.12 bits per heavy atom. The number of nitrogens with zero attached hydrogens (tertiary/aromatic N) is 1. The summed E-state index contributed by atoms with van der Waals surface area (Å²) in [5.74, 6) is 0.0314. The lowest BCUT2D eigenvalue weighted by atomic mass is 9.93. The van der Waals surface area contributed by atoms with Crippen molar-refractivity contribution in [3.05, 3.63) is 0 Å². The normalized spacial score (nSPS) is 12.6. The number of carbonyl (C=O) groups is 1. The van der Waals surface area contributed by atoms with Crippen molar-refractivity contribution in [2.75, 3.05) is 26.2 Å². The summed E-state index contributed by atoms with van der Waals surface area (Å²) in [4.78, 5) is 13.8. The highest BCUT2D eigenvalue weighted by Gasteiger charge is 2.23. The molecule has 0 aliphatic heterocycles. The van der Waals surface area contributed by atoms with Gasteiger partial charge in [0.25, 0.3) is 0 Å². The molecule has 0 aromatic heterocycles. The fourth-order valence-corrected chi connectivity index (χ4v) is 1.33. The van der Waals surface area contributed by atoms with E-state index in [4.69, 9.17) is 10.5 Å². The van der Waals surface area contributed by atoms with E-state index >= 15 is 0 Å². The SMILES string of the molecule is CCN(CC(C)(C)CN)C(=O)COC(C)(C)C. The van der Waals surface area contributed by atoms with E-state index in [1.165, 1.54) is 0 Å². The molecule has 2 N–H and O–H groups in total. The molecule has 0 aliphatic rings. The van der Waals surface area contributed by atoms with E-state index in [9.17, 15) is 4.79 Å². The van der Waals surface area contributed by atoms with Crippen LogP contribution in [0.2, 0.25) is 0 Å². The number of ether oxygens (including phenoxy) is 1. The fourth-order valence-electron chi connectivity index (χ4n) is 1.33. The van der Waals surface area contributed by atoms with Gasteiger partial charge in [0.15, 0.2) is 0 Å². The highest BCUT2D eigenvalue weighted by atomic mass is 16.5. The Morgan fingerprint density at radius 2 is 1.76 bits per heavy atom. The predicted octanol–water partition coefficient (Wildman–Crippen LogP) is 1.63. The van der Waals surface area contributed by atoms with Crippen molar-refractivity contribution in [2.24, 2.45) is 11.1 Å². The van der Waals surface area contributed by atoms with Gasteiger partial charge >= 0.3 is 0 Å². The van der Waals surface area contributed by atoms with Crippen LogP contribution in [0, 0.1) is 5.41 Å². The van der Waals surface area contributed by atoms with Gasteiger partial charge in [0, 0.05) is 13.1 Å². The molecular weight excluding hydrogens is 216 g/mol. The minimum Gasteiger partial charge on any atom is -0.366 e. The smallest absolute Gasteiger partial charge is 0.248 e. The summed E-state index contributed by atoms with van der Waals surface area (Å²) in [5, 5.41) is 0. The van der Waals surface area contributed by atoms with Crippen LogP contribution < -0.4 is 5.73 Å². The third-order valence-corrected chi connectivity index (χ3v) is 2.53. The molecule has 4 nitrogen and oxygen atoms in total. The summed E-state index contributed by atoms with van der Waals surface area (Å²) in [5.41, 5.74) is 5.36. The van der Waals surface area contributed by atoms with Gasteiger partial charge in [-0.25, -0.2) is 0 Å². The Kier molecular flexibility index (Phi) is 6.13. The lowest BCUT2D eigenvalue weighted by Gasteiger charge is -2.31. The fraction of sp³-hybridized carbons (Fsp3) is 0.923. The summed E-state index contributed by atoms with van der Waals surface area (Å²) < 4.78 is 5.50. The maximum Gasteiger partial charge on any atom is 0.248 e. The van der Waals surface area contributed by atoms with E-state index in [0.29, 0.717) is 19.6 Å². The summed E-state index contributed by atoms with van der Waals surface area (Å²) in [6.07, 6.45) is 0. The summed E-state index contributed by atoms with van der Waals surface area (Å²) >= 11 is 0. The molecule has 0 unspecified atom stereocenters. The van der Waals surface area contributed by atoms with Gasteiger partial charge in [0.2, 0.25) is 5.91 Å². The van der Waals surface area contributed by atoms with E-state index in [2.05, 4.69) is 13.8 Å². The number of likely N-dealkylation sites (N-methyl/N-ethyl adjacent to an activating group) is 1. The van der Waals surface area contributed by atoms with Crippen molar-refractivity contribution in [1.29, 1.82) is 0 Å². The highest BCUT2D eigenvalue weighted by molar-refractivity contribution is 5.77. The molecular formula is C13H28N2O2. The van der Waals surface area contributed by atoms with Crippen LogP contribution in [0.4, 0.5) is 0 Å². The Balaban J connectivity index is 4.32. The maximum atomic E-state index is 12.0. The van der Waals surface area contributed by atoms with E-state index in [1.54, 1.807) is 4.90 Å². The number of carbonyl (C=O) groups excluding carboxylic acids is 1. The summed E-state index contributed by atoms with van der Waals surface area (Å²) in [6, 6.07) is 0. The third kappa shape index (κ3) is 7.34. The molecule has 0 atom stereocenters. The second kappa shape index (κ2) is 6.36. The molecule has 0 saturated carbocycles. The summed E-state index contributed by atoms with van der Waals surface area (Å²) in [7, 11) is 0. The number of amides is 1. The molecule has 17 heavy (non-hydrogen) atoms. The molecule has 0 bridgehead atoms. The summed E-state index contributed by atoms with van der Waals surface area (Å²) in [6.45, 7) is 14.0. The molecule has 0 saturated heterocycles. The van der Waals surface area contributed by atoms with Crippen LogP contribution in [0.25, 0.3) is 0 Å². The van der Waals surface area contributed by atoms with Crippen LogP contribution in [0.3, 0.4) is 0 Å². The molecule has 0 radical (unpaired) electrons. The molecule has 0 aromatic carbocycles. The van der Waals surface area contributed by atoms with Crippen LogP contribution in [0.5, 0.6) is 0 Å². The van der Waals surface area contributed by atoms with E-state index in [-0.39, 0.29) is 23.5 Å². The van der Waals surface area contributed by atoms with Crippen molar-refractivity contribution >= 4 is 5.91 Å². The maximum absolute atomic E-state index is 12.0. The Morgan fingerprint density at radius 1 is 1.24 bits per heavy atom.